The van der Waals surface area contributed by atoms with Gasteiger partial charge in [0, 0.05) is 48.5 Å². The Morgan fingerprint density at radius 1 is 0.930 bits per heavy atom. The lowest BCUT2D eigenvalue weighted by Gasteiger charge is -2.40. The highest BCUT2D eigenvalue weighted by Crippen LogP contribution is 2.42. The van der Waals surface area contributed by atoms with E-state index >= 15 is 0 Å². The predicted octanol–water partition coefficient (Wildman–Crippen LogP) is 7.54. The van der Waals surface area contributed by atoms with Crippen molar-refractivity contribution in [1.29, 1.82) is 5.26 Å². The first-order valence-electron chi connectivity index (χ1n) is 14.8. The lowest BCUT2D eigenvalue weighted by molar-refractivity contribution is 0.0266. The number of likely N-dealkylation sites (tertiary alicyclic amines) is 1. The van der Waals surface area contributed by atoms with Crippen molar-refractivity contribution in [3.05, 3.63) is 78.1 Å². The number of ether oxygens (including phenoxy) is 2. The summed E-state index contributed by atoms with van der Waals surface area (Å²) in [5.74, 6) is -0.219. The van der Waals surface area contributed by atoms with Gasteiger partial charge in [-0.15, -0.1) is 0 Å². The van der Waals surface area contributed by atoms with Crippen LogP contribution in [0.1, 0.15) is 45.6 Å². The molecule has 0 N–H and O–H groups in total. The summed E-state index contributed by atoms with van der Waals surface area (Å²) in [6.45, 7) is 9.05. The molecular weight excluding hydrogens is 543 g/mol. The molecule has 0 radical (unpaired) electrons. The minimum atomic E-state index is -0.491. The highest BCUT2D eigenvalue weighted by atomic mass is 19.1. The summed E-state index contributed by atoms with van der Waals surface area (Å²) in [5.41, 5.74) is 4.85. The number of hydrogen-bond acceptors (Lipinski definition) is 5. The largest absolute Gasteiger partial charge is 0.494 e. The van der Waals surface area contributed by atoms with Gasteiger partial charge in [-0.05, 0) is 112 Å². The topological polar surface area (TPSA) is 70.7 Å². The van der Waals surface area contributed by atoms with E-state index in [1.54, 1.807) is 18.2 Å². The Labute approximate surface area is 252 Å². The molecule has 0 aliphatic carbocycles. The highest BCUT2D eigenvalue weighted by Gasteiger charge is 2.43. The maximum absolute atomic E-state index is 14.8. The third-order valence-electron chi connectivity index (χ3n) is 8.77. The van der Waals surface area contributed by atoms with Crippen molar-refractivity contribution in [3.8, 4) is 28.8 Å². The molecule has 1 spiro atoms. The number of carbonyl (C=O) groups is 1. The van der Waals surface area contributed by atoms with E-state index in [-0.39, 0.29) is 17.3 Å². The van der Waals surface area contributed by atoms with Crippen LogP contribution in [0.5, 0.6) is 5.75 Å². The van der Waals surface area contributed by atoms with Crippen LogP contribution in [0.2, 0.25) is 0 Å². The predicted molar refractivity (Wildman–Crippen MR) is 166 cm³/mol. The smallest absolute Gasteiger partial charge is 0.410 e. The summed E-state index contributed by atoms with van der Waals surface area (Å²) in [4.78, 5) is 17.0. The summed E-state index contributed by atoms with van der Waals surface area (Å²) in [6.07, 6.45) is 2.84. The molecule has 8 heteroatoms. The van der Waals surface area contributed by atoms with Crippen molar-refractivity contribution < 1.29 is 18.7 Å². The zero-order valence-corrected chi connectivity index (χ0v) is 25.2. The number of fused-ring (bicyclic) bond motifs is 1. The molecule has 3 heterocycles. The quantitative estimate of drug-likeness (QED) is 0.249. The van der Waals surface area contributed by atoms with Gasteiger partial charge in [-0.1, -0.05) is 0 Å². The van der Waals surface area contributed by atoms with Crippen LogP contribution in [0, 0.1) is 22.6 Å². The number of benzene rings is 3. The molecule has 2 aliphatic rings. The molecule has 1 amide bonds. The molecule has 2 saturated heterocycles. The number of hydrogen-bond donors (Lipinski definition) is 0. The van der Waals surface area contributed by atoms with Gasteiger partial charge in [0.2, 0.25) is 0 Å². The first-order chi connectivity index (χ1) is 20.6. The molecule has 0 saturated carbocycles. The number of nitriles is 1. The number of nitrogens with zero attached hydrogens (tertiary/aromatic N) is 4. The maximum Gasteiger partial charge on any atom is 0.410 e. The molecule has 0 unspecified atom stereocenters. The molecular formula is C35H37FN4O3. The Morgan fingerprint density at radius 2 is 1.63 bits per heavy atom. The third kappa shape index (κ3) is 5.64. The minimum Gasteiger partial charge on any atom is -0.494 e. The summed E-state index contributed by atoms with van der Waals surface area (Å²) < 4.78 is 27.7. The number of halogens is 1. The second kappa shape index (κ2) is 11.0. The molecule has 222 valence electrons. The van der Waals surface area contributed by atoms with Crippen molar-refractivity contribution in [1.82, 2.24) is 9.47 Å². The van der Waals surface area contributed by atoms with E-state index in [4.69, 9.17) is 9.47 Å². The van der Waals surface area contributed by atoms with Crippen LogP contribution >= 0.6 is 0 Å². The third-order valence-corrected chi connectivity index (χ3v) is 8.77. The van der Waals surface area contributed by atoms with Crippen LogP contribution in [-0.4, -0.2) is 54.5 Å². The van der Waals surface area contributed by atoms with Gasteiger partial charge in [0.15, 0.2) is 11.6 Å². The molecule has 2 aliphatic heterocycles. The van der Waals surface area contributed by atoms with Crippen molar-refractivity contribution >= 4 is 22.7 Å². The summed E-state index contributed by atoms with van der Waals surface area (Å²) in [7, 11) is 1.46. The lowest BCUT2D eigenvalue weighted by Crippen LogP contribution is -2.43. The Hall–Kier alpha value is -4.51. The summed E-state index contributed by atoms with van der Waals surface area (Å²) in [6, 6.07) is 23.2. The second-order valence-electron chi connectivity index (χ2n) is 12.8. The van der Waals surface area contributed by atoms with Gasteiger partial charge >= 0.3 is 6.09 Å². The van der Waals surface area contributed by atoms with Gasteiger partial charge in [0.1, 0.15) is 5.60 Å². The van der Waals surface area contributed by atoms with Crippen molar-refractivity contribution in [2.24, 2.45) is 5.41 Å². The SMILES string of the molecule is COc1ccc(-c2cc3cc(N4CCC5(CCN(C(=O)OC(C)(C)C)C5)CC4)ccc3n2-c2ccc(C#N)cc2)cc1F. The number of piperidine rings is 1. The molecule has 3 aromatic carbocycles. The van der Waals surface area contributed by atoms with Gasteiger partial charge in [0.05, 0.1) is 30.0 Å². The van der Waals surface area contributed by atoms with Gasteiger partial charge < -0.3 is 23.8 Å². The first kappa shape index (κ1) is 28.6. The summed E-state index contributed by atoms with van der Waals surface area (Å²) in [5, 5.41) is 10.4. The van der Waals surface area contributed by atoms with Crippen LogP contribution in [-0.2, 0) is 4.74 Å². The molecule has 7 nitrogen and oxygen atoms in total. The molecule has 43 heavy (non-hydrogen) atoms. The first-order valence-corrected chi connectivity index (χ1v) is 14.8. The van der Waals surface area contributed by atoms with E-state index in [2.05, 4.69) is 39.8 Å². The van der Waals surface area contributed by atoms with Crippen molar-refractivity contribution in [2.75, 3.05) is 38.2 Å². The fourth-order valence-electron chi connectivity index (χ4n) is 6.47. The average molecular weight is 581 g/mol. The number of rotatable bonds is 4. The second-order valence-corrected chi connectivity index (χ2v) is 12.8. The van der Waals surface area contributed by atoms with E-state index in [1.165, 1.54) is 13.2 Å². The van der Waals surface area contributed by atoms with E-state index in [9.17, 15) is 14.4 Å². The molecule has 6 rings (SSSR count). The van der Waals surface area contributed by atoms with Gasteiger partial charge in [0.25, 0.3) is 0 Å². The number of methoxy groups -OCH3 is 1. The minimum absolute atomic E-state index is 0.141. The monoisotopic (exact) mass is 580 g/mol. The van der Waals surface area contributed by atoms with E-state index in [0.717, 1.165) is 79.0 Å². The van der Waals surface area contributed by atoms with E-state index < -0.39 is 11.4 Å². The fourth-order valence-corrected chi connectivity index (χ4v) is 6.47. The fraction of sp³-hybridized carbons (Fsp3) is 0.371. The lowest BCUT2D eigenvalue weighted by atomic mass is 9.77. The Bertz CT molecular complexity index is 1710. The normalized spacial score (nSPS) is 16.5. The zero-order valence-electron chi connectivity index (χ0n) is 25.2. The Kier molecular flexibility index (Phi) is 7.29. The summed E-state index contributed by atoms with van der Waals surface area (Å²) >= 11 is 0. The van der Waals surface area contributed by atoms with Crippen LogP contribution in [0.4, 0.5) is 14.9 Å². The van der Waals surface area contributed by atoms with Crippen LogP contribution < -0.4 is 9.64 Å². The molecule has 0 bridgehead atoms. The molecule has 1 aromatic heterocycles. The Morgan fingerprint density at radius 3 is 2.28 bits per heavy atom. The van der Waals surface area contributed by atoms with Crippen LogP contribution in [0.3, 0.4) is 0 Å². The standard InChI is InChI=1S/C35H37FN4O3/c1-34(2,3)43-33(41)39-18-15-35(23-39)13-16-38(17-14-35)28-10-11-30-26(19-28)21-31(25-7-12-32(42-4)29(36)20-25)40(30)27-8-5-24(22-37)6-9-27/h5-12,19-21H,13-18,23H2,1-4H3. The van der Waals surface area contributed by atoms with Crippen LogP contribution in [0.15, 0.2) is 66.7 Å². The molecule has 4 aromatic rings. The van der Waals surface area contributed by atoms with Gasteiger partial charge in [-0.25, -0.2) is 9.18 Å². The number of amides is 1. The Balaban J connectivity index is 1.27. The molecule has 2 fully saturated rings. The number of carbonyl (C=O) groups excluding carboxylic acids is 1. The van der Waals surface area contributed by atoms with Gasteiger partial charge in [-0.3, -0.25) is 0 Å². The van der Waals surface area contributed by atoms with E-state index in [1.807, 2.05) is 43.9 Å². The zero-order chi connectivity index (χ0) is 30.4. The van der Waals surface area contributed by atoms with E-state index in [0.29, 0.717) is 5.56 Å². The van der Waals surface area contributed by atoms with Gasteiger partial charge in [-0.2, -0.15) is 5.26 Å². The number of aromatic nitrogens is 1. The van der Waals surface area contributed by atoms with Crippen LogP contribution in [0.25, 0.3) is 27.8 Å². The maximum atomic E-state index is 14.8. The van der Waals surface area contributed by atoms with Crippen molar-refractivity contribution in [2.45, 2.75) is 45.6 Å². The highest BCUT2D eigenvalue weighted by molar-refractivity contribution is 5.91. The molecule has 0 atom stereocenters. The average Bonchev–Trinajstić information content (AvgIpc) is 3.58. The number of anilines is 1. The van der Waals surface area contributed by atoms with Crippen molar-refractivity contribution in [3.63, 3.8) is 0 Å².